The second-order valence-electron chi connectivity index (χ2n) is 4.25. The molecule has 0 saturated carbocycles. The second kappa shape index (κ2) is 6.53. The Morgan fingerprint density at radius 2 is 2.10 bits per heavy atom. The van der Waals surface area contributed by atoms with E-state index in [1.807, 2.05) is 0 Å². The summed E-state index contributed by atoms with van der Waals surface area (Å²) >= 11 is 3.13. The lowest BCUT2D eigenvalue weighted by Crippen LogP contribution is -2.01. The van der Waals surface area contributed by atoms with Gasteiger partial charge < -0.3 is 10.1 Å². The lowest BCUT2D eigenvalue weighted by Gasteiger charge is -2.08. The summed E-state index contributed by atoms with van der Waals surface area (Å²) < 4.78 is 18.8. The molecule has 0 aliphatic heterocycles. The molecule has 1 N–H and O–H groups in total. The number of hydrogen-bond donors (Lipinski definition) is 1. The number of nitro groups is 1. The van der Waals surface area contributed by atoms with Gasteiger partial charge in [-0.1, -0.05) is 6.07 Å². The highest BCUT2D eigenvalue weighted by molar-refractivity contribution is 9.10. The van der Waals surface area contributed by atoms with Crippen LogP contribution in [0.5, 0.6) is 5.75 Å². The van der Waals surface area contributed by atoms with Crippen LogP contribution in [0.4, 0.5) is 15.8 Å². The lowest BCUT2D eigenvalue weighted by atomic mass is 10.2. The molecule has 2 rings (SSSR count). The van der Waals surface area contributed by atoms with E-state index < -0.39 is 10.7 Å². The molecule has 110 valence electrons. The Morgan fingerprint density at radius 1 is 1.33 bits per heavy atom. The van der Waals surface area contributed by atoms with Gasteiger partial charge in [-0.25, -0.2) is 4.39 Å². The first-order valence-electron chi connectivity index (χ1n) is 6.01. The summed E-state index contributed by atoms with van der Waals surface area (Å²) in [5, 5.41) is 13.9. The molecular weight excluding hydrogens is 343 g/mol. The van der Waals surface area contributed by atoms with Crippen LogP contribution < -0.4 is 10.1 Å². The highest BCUT2D eigenvalue weighted by atomic mass is 79.9. The maximum Gasteiger partial charge on any atom is 0.283 e. The number of halogens is 2. The van der Waals surface area contributed by atoms with Crippen LogP contribution in [0.25, 0.3) is 0 Å². The van der Waals surface area contributed by atoms with Crippen molar-refractivity contribution in [1.29, 1.82) is 0 Å². The summed E-state index contributed by atoms with van der Waals surface area (Å²) in [5.41, 5.74) is 1.29. The van der Waals surface area contributed by atoms with E-state index in [9.17, 15) is 14.5 Å². The molecular formula is C14H12BrFN2O3. The smallest absolute Gasteiger partial charge is 0.283 e. The number of rotatable bonds is 5. The van der Waals surface area contributed by atoms with Crippen LogP contribution in [0.1, 0.15) is 5.56 Å². The predicted molar refractivity (Wildman–Crippen MR) is 81.1 cm³/mol. The van der Waals surface area contributed by atoms with Gasteiger partial charge in [0.05, 0.1) is 16.5 Å². The van der Waals surface area contributed by atoms with Gasteiger partial charge >= 0.3 is 0 Å². The van der Waals surface area contributed by atoms with Crippen LogP contribution >= 0.6 is 15.9 Å². The van der Waals surface area contributed by atoms with E-state index in [0.717, 1.165) is 5.56 Å². The molecule has 7 heteroatoms. The Labute approximate surface area is 129 Å². The molecule has 21 heavy (non-hydrogen) atoms. The third-order valence-corrected chi connectivity index (χ3v) is 3.53. The first kappa shape index (κ1) is 15.2. The fraction of sp³-hybridized carbons (Fsp3) is 0.143. The van der Waals surface area contributed by atoms with Crippen molar-refractivity contribution in [3.05, 3.63) is 62.4 Å². The maximum absolute atomic E-state index is 13.5. The third-order valence-electron chi connectivity index (χ3n) is 2.86. The zero-order valence-corrected chi connectivity index (χ0v) is 12.7. The summed E-state index contributed by atoms with van der Waals surface area (Å²) in [6.07, 6.45) is 0. The van der Waals surface area contributed by atoms with Gasteiger partial charge in [-0.3, -0.25) is 10.1 Å². The van der Waals surface area contributed by atoms with Gasteiger partial charge in [-0.05, 0) is 39.7 Å². The van der Waals surface area contributed by atoms with E-state index in [4.69, 9.17) is 4.74 Å². The number of nitrogens with one attached hydrogen (secondary N) is 1. The van der Waals surface area contributed by atoms with Gasteiger partial charge in [0.1, 0.15) is 0 Å². The standard InChI is InChI=1S/C14H12BrFN2O3/c1-21-14-5-3-10(7-12(14)16)17-8-9-2-4-11(15)13(6-9)18(19)20/h2-7,17H,8H2,1H3. The van der Waals surface area contributed by atoms with Gasteiger partial charge in [-0.15, -0.1) is 0 Å². The van der Waals surface area contributed by atoms with Crippen molar-refractivity contribution in [2.24, 2.45) is 0 Å². The molecule has 2 aromatic rings. The number of anilines is 1. The van der Waals surface area contributed by atoms with Gasteiger partial charge in [0, 0.05) is 24.4 Å². The zero-order chi connectivity index (χ0) is 15.4. The number of methoxy groups -OCH3 is 1. The van der Waals surface area contributed by atoms with Crippen LogP contribution in [-0.4, -0.2) is 12.0 Å². The SMILES string of the molecule is COc1ccc(NCc2ccc(Br)c([N+](=O)[O-])c2)cc1F. The molecule has 0 heterocycles. The lowest BCUT2D eigenvalue weighted by molar-refractivity contribution is -0.385. The average Bonchev–Trinajstić information content (AvgIpc) is 2.46. The Hall–Kier alpha value is -2.15. The number of nitro benzene ring substituents is 1. The monoisotopic (exact) mass is 354 g/mol. The largest absolute Gasteiger partial charge is 0.494 e. The van der Waals surface area contributed by atoms with E-state index in [0.29, 0.717) is 16.7 Å². The Kier molecular flexibility index (Phi) is 4.74. The summed E-state index contributed by atoms with van der Waals surface area (Å²) in [5.74, 6) is -0.302. The minimum atomic E-state index is -0.468. The molecule has 2 aromatic carbocycles. The van der Waals surface area contributed by atoms with E-state index in [1.54, 1.807) is 18.2 Å². The average molecular weight is 355 g/mol. The van der Waals surface area contributed by atoms with E-state index in [2.05, 4.69) is 21.2 Å². The summed E-state index contributed by atoms with van der Waals surface area (Å²) in [7, 11) is 1.40. The van der Waals surface area contributed by atoms with E-state index in [1.165, 1.54) is 25.3 Å². The highest BCUT2D eigenvalue weighted by Gasteiger charge is 2.12. The molecule has 0 bridgehead atoms. The van der Waals surface area contributed by atoms with Gasteiger partial charge in [0.15, 0.2) is 11.6 Å². The third kappa shape index (κ3) is 3.69. The number of ether oxygens (including phenoxy) is 1. The Bertz CT molecular complexity index is 679. The van der Waals surface area contributed by atoms with Crippen molar-refractivity contribution in [3.8, 4) is 5.75 Å². The second-order valence-corrected chi connectivity index (χ2v) is 5.10. The molecule has 0 aliphatic rings. The summed E-state index contributed by atoms with van der Waals surface area (Å²) in [6, 6.07) is 9.34. The molecule has 0 amide bonds. The van der Waals surface area contributed by atoms with Crippen LogP contribution in [-0.2, 0) is 6.54 Å². The van der Waals surface area contributed by atoms with Crippen molar-refractivity contribution in [2.45, 2.75) is 6.54 Å². The topological polar surface area (TPSA) is 64.4 Å². The highest BCUT2D eigenvalue weighted by Crippen LogP contribution is 2.26. The van der Waals surface area contributed by atoms with Gasteiger partial charge in [0.25, 0.3) is 5.69 Å². The van der Waals surface area contributed by atoms with Crippen molar-refractivity contribution >= 4 is 27.3 Å². The molecule has 0 radical (unpaired) electrons. The summed E-state index contributed by atoms with van der Waals surface area (Å²) in [6.45, 7) is 0.347. The zero-order valence-electron chi connectivity index (χ0n) is 11.1. The Morgan fingerprint density at radius 3 is 2.71 bits per heavy atom. The number of hydrogen-bond acceptors (Lipinski definition) is 4. The fourth-order valence-corrected chi connectivity index (χ4v) is 2.18. The molecule has 0 aliphatic carbocycles. The van der Waals surface area contributed by atoms with Gasteiger partial charge in [0.2, 0.25) is 0 Å². The predicted octanol–water partition coefficient (Wildman–Crippen LogP) is 4.12. The number of nitrogens with zero attached hydrogens (tertiary/aromatic N) is 1. The van der Waals surface area contributed by atoms with Crippen molar-refractivity contribution in [1.82, 2.24) is 0 Å². The molecule has 5 nitrogen and oxygen atoms in total. The van der Waals surface area contributed by atoms with Crippen LogP contribution in [0, 0.1) is 15.9 Å². The Balaban J connectivity index is 2.11. The maximum atomic E-state index is 13.5. The van der Waals surface area contributed by atoms with E-state index in [-0.39, 0.29) is 11.4 Å². The van der Waals surface area contributed by atoms with Crippen LogP contribution in [0.3, 0.4) is 0 Å². The fourth-order valence-electron chi connectivity index (χ4n) is 1.79. The van der Waals surface area contributed by atoms with Crippen LogP contribution in [0.15, 0.2) is 40.9 Å². The van der Waals surface area contributed by atoms with Crippen molar-refractivity contribution < 1.29 is 14.1 Å². The van der Waals surface area contributed by atoms with E-state index >= 15 is 0 Å². The molecule has 0 atom stereocenters. The first-order chi connectivity index (χ1) is 10.0. The molecule has 0 spiro atoms. The first-order valence-corrected chi connectivity index (χ1v) is 6.81. The summed E-state index contributed by atoms with van der Waals surface area (Å²) in [4.78, 5) is 10.4. The molecule has 0 aromatic heterocycles. The quantitative estimate of drug-likeness (QED) is 0.647. The number of benzene rings is 2. The van der Waals surface area contributed by atoms with Gasteiger partial charge in [-0.2, -0.15) is 0 Å². The normalized spacial score (nSPS) is 10.2. The van der Waals surface area contributed by atoms with Crippen molar-refractivity contribution in [3.63, 3.8) is 0 Å². The molecule has 0 fully saturated rings. The molecule has 0 unspecified atom stereocenters. The molecule has 0 saturated heterocycles. The minimum absolute atomic E-state index is 0.00443. The van der Waals surface area contributed by atoms with Crippen LogP contribution in [0.2, 0.25) is 0 Å². The van der Waals surface area contributed by atoms with Crippen molar-refractivity contribution in [2.75, 3.05) is 12.4 Å². The minimum Gasteiger partial charge on any atom is -0.494 e.